The molecule has 1 aromatic carbocycles. The number of benzene rings is 1. The molecule has 0 aliphatic rings. The molecule has 4 heteroatoms. The number of hydrogen-bond acceptors (Lipinski definition) is 4. The highest BCUT2D eigenvalue weighted by Crippen LogP contribution is 2.15. The fourth-order valence-electron chi connectivity index (χ4n) is 1.28. The highest BCUT2D eigenvalue weighted by atomic mass is 16.5. The molecule has 90 valence electrons. The van der Waals surface area contributed by atoms with Crippen LogP contribution in [0.15, 0.2) is 30.3 Å². The Morgan fingerprint density at radius 3 is 2.35 bits per heavy atom. The molecule has 0 bridgehead atoms. The van der Waals surface area contributed by atoms with Crippen LogP contribution in [0.5, 0.6) is 5.75 Å². The summed E-state index contributed by atoms with van der Waals surface area (Å²) in [5, 5.41) is 11.6. The number of ketones is 2. The lowest BCUT2D eigenvalue weighted by Gasteiger charge is -2.12. The van der Waals surface area contributed by atoms with Gasteiger partial charge in [0.05, 0.1) is 13.5 Å². The fraction of sp³-hybridized carbons (Fsp3) is 0.231. The Morgan fingerprint density at radius 2 is 1.88 bits per heavy atom. The third kappa shape index (κ3) is 4.10. The van der Waals surface area contributed by atoms with Gasteiger partial charge in [0.2, 0.25) is 0 Å². The Kier molecular flexibility index (Phi) is 4.46. The summed E-state index contributed by atoms with van der Waals surface area (Å²) in [4.78, 5) is 21.9. The van der Waals surface area contributed by atoms with Gasteiger partial charge in [0.1, 0.15) is 11.5 Å². The van der Waals surface area contributed by atoms with Crippen LogP contribution in [-0.4, -0.2) is 18.7 Å². The Balaban J connectivity index is 2.80. The van der Waals surface area contributed by atoms with Crippen LogP contribution >= 0.6 is 0 Å². The van der Waals surface area contributed by atoms with Gasteiger partial charge in [-0.25, -0.2) is 0 Å². The van der Waals surface area contributed by atoms with Gasteiger partial charge < -0.3 is 9.84 Å². The van der Waals surface area contributed by atoms with Gasteiger partial charge in [0.15, 0.2) is 5.78 Å². The minimum absolute atomic E-state index is 0.234. The van der Waals surface area contributed by atoms with Gasteiger partial charge in [0, 0.05) is 0 Å². The van der Waals surface area contributed by atoms with Gasteiger partial charge in [-0.3, -0.25) is 9.59 Å². The molecule has 0 fully saturated rings. The average Bonchev–Trinajstić information content (AvgIpc) is 2.28. The Labute approximate surface area is 99.5 Å². The minimum atomic E-state index is -0.474. The van der Waals surface area contributed by atoms with Crippen LogP contribution in [0, 0.1) is 0 Å². The number of allylic oxidation sites excluding steroid dienone is 1. The van der Waals surface area contributed by atoms with E-state index >= 15 is 0 Å². The van der Waals surface area contributed by atoms with Crippen LogP contribution in [-0.2, 0) is 9.59 Å². The monoisotopic (exact) mass is 233 g/mol. The summed E-state index contributed by atoms with van der Waals surface area (Å²) in [5.41, 5.74) is 0.391. The molecule has 0 radical (unpaired) electrons. The summed E-state index contributed by atoms with van der Waals surface area (Å²) < 4.78 is 4.95. The molecule has 17 heavy (non-hydrogen) atoms. The maximum Gasteiger partial charge on any atom is 0.162 e. The van der Waals surface area contributed by atoms with Crippen LogP contribution in [0.4, 0.5) is 0 Å². The molecule has 0 unspecified atom stereocenters. The largest absolute Gasteiger partial charge is 0.872 e. The molecule has 0 amide bonds. The molecule has 0 saturated carbocycles. The number of hydrogen-bond donors (Lipinski definition) is 0. The Bertz CT molecular complexity index is 443. The molecule has 0 saturated heterocycles. The van der Waals surface area contributed by atoms with Crippen molar-refractivity contribution < 1.29 is 19.4 Å². The van der Waals surface area contributed by atoms with E-state index in [4.69, 9.17) is 4.74 Å². The second kappa shape index (κ2) is 5.84. The van der Waals surface area contributed by atoms with Gasteiger partial charge in [-0.15, -0.1) is 0 Å². The van der Waals surface area contributed by atoms with Crippen molar-refractivity contribution in [2.24, 2.45) is 0 Å². The third-order valence-corrected chi connectivity index (χ3v) is 2.09. The van der Waals surface area contributed by atoms with Gasteiger partial charge in [0.25, 0.3) is 0 Å². The lowest BCUT2D eigenvalue weighted by atomic mass is 10.1. The van der Waals surface area contributed by atoms with E-state index in [2.05, 4.69) is 0 Å². The molecule has 0 aliphatic carbocycles. The van der Waals surface area contributed by atoms with Crippen molar-refractivity contribution in [2.75, 3.05) is 7.11 Å². The lowest BCUT2D eigenvalue weighted by molar-refractivity contribution is -0.243. The third-order valence-electron chi connectivity index (χ3n) is 2.09. The van der Waals surface area contributed by atoms with Crippen LogP contribution in [0.3, 0.4) is 0 Å². The normalized spacial score (nSPS) is 11.1. The van der Waals surface area contributed by atoms with E-state index in [-0.39, 0.29) is 12.2 Å². The quantitative estimate of drug-likeness (QED) is 0.431. The molecule has 0 N–H and O–H groups in total. The first kappa shape index (κ1) is 13.0. The Hall–Kier alpha value is -2.10. The zero-order valence-electron chi connectivity index (χ0n) is 9.73. The second-order valence-corrected chi connectivity index (χ2v) is 3.58. The summed E-state index contributed by atoms with van der Waals surface area (Å²) in [6.45, 7) is 1.31. The number of carbonyl (C=O) groups is 2. The van der Waals surface area contributed by atoms with Crippen LogP contribution < -0.4 is 9.84 Å². The topological polar surface area (TPSA) is 66.4 Å². The van der Waals surface area contributed by atoms with E-state index in [1.807, 2.05) is 0 Å². The molecular formula is C13H13O4-. The van der Waals surface area contributed by atoms with Crippen molar-refractivity contribution in [3.63, 3.8) is 0 Å². The summed E-state index contributed by atoms with van der Waals surface area (Å²) in [5.74, 6) is -0.498. The predicted octanol–water partition coefficient (Wildman–Crippen LogP) is 0.945. The van der Waals surface area contributed by atoms with E-state index in [0.717, 1.165) is 6.08 Å². The number of ether oxygens (including phenoxy) is 1. The molecule has 1 aromatic rings. The molecule has 0 spiro atoms. The SMILES string of the molecule is COc1ccc(/C([O-])=C/C(=O)CC(C)=O)cc1. The first-order valence-corrected chi connectivity index (χ1v) is 5.08. The smallest absolute Gasteiger partial charge is 0.162 e. The fourth-order valence-corrected chi connectivity index (χ4v) is 1.28. The van der Waals surface area contributed by atoms with Crippen molar-refractivity contribution in [2.45, 2.75) is 13.3 Å². The molecular weight excluding hydrogens is 220 g/mol. The van der Waals surface area contributed by atoms with Crippen molar-refractivity contribution in [3.05, 3.63) is 35.9 Å². The van der Waals surface area contributed by atoms with Crippen LogP contribution in [0.2, 0.25) is 0 Å². The standard InChI is InChI=1S/C13H14O4/c1-9(14)7-11(15)8-13(16)10-3-5-12(17-2)6-4-10/h3-6,8,16H,7H2,1-2H3/p-1/b13-8-. The Morgan fingerprint density at radius 1 is 1.29 bits per heavy atom. The van der Waals surface area contributed by atoms with Gasteiger partial charge in [-0.2, -0.15) is 0 Å². The molecule has 0 atom stereocenters. The highest BCUT2D eigenvalue weighted by molar-refractivity contribution is 6.06. The zero-order valence-corrected chi connectivity index (χ0v) is 9.73. The first-order chi connectivity index (χ1) is 8.02. The second-order valence-electron chi connectivity index (χ2n) is 3.58. The molecule has 0 aromatic heterocycles. The van der Waals surface area contributed by atoms with E-state index in [1.165, 1.54) is 14.0 Å². The molecule has 4 nitrogen and oxygen atoms in total. The van der Waals surface area contributed by atoms with Crippen molar-refractivity contribution in [1.29, 1.82) is 0 Å². The number of methoxy groups -OCH3 is 1. The first-order valence-electron chi connectivity index (χ1n) is 5.08. The van der Waals surface area contributed by atoms with E-state index in [1.54, 1.807) is 24.3 Å². The van der Waals surface area contributed by atoms with E-state index < -0.39 is 11.5 Å². The number of Topliss-reactive ketones (excluding diaryl/α,β-unsaturated/α-hetero) is 1. The average molecular weight is 233 g/mol. The van der Waals surface area contributed by atoms with Crippen LogP contribution in [0.25, 0.3) is 5.76 Å². The maximum absolute atomic E-state index is 11.6. The summed E-state index contributed by atoms with van der Waals surface area (Å²) in [6.07, 6.45) is 0.713. The zero-order chi connectivity index (χ0) is 12.8. The summed E-state index contributed by atoms with van der Waals surface area (Å²) >= 11 is 0. The summed E-state index contributed by atoms with van der Waals surface area (Å²) in [7, 11) is 1.53. The van der Waals surface area contributed by atoms with Crippen LogP contribution in [0.1, 0.15) is 18.9 Å². The maximum atomic E-state index is 11.6. The minimum Gasteiger partial charge on any atom is -0.872 e. The van der Waals surface area contributed by atoms with Gasteiger partial charge in [-0.05, 0) is 30.7 Å². The predicted molar refractivity (Wildman–Crippen MR) is 61.3 cm³/mol. The molecule has 1 rings (SSSR count). The molecule has 0 aliphatic heterocycles. The van der Waals surface area contributed by atoms with Crippen molar-refractivity contribution >= 4 is 17.3 Å². The van der Waals surface area contributed by atoms with Crippen molar-refractivity contribution in [3.8, 4) is 5.75 Å². The number of rotatable bonds is 5. The van der Waals surface area contributed by atoms with Gasteiger partial charge in [-0.1, -0.05) is 17.9 Å². The lowest BCUT2D eigenvalue weighted by Crippen LogP contribution is -2.08. The van der Waals surface area contributed by atoms with Crippen molar-refractivity contribution in [1.82, 2.24) is 0 Å². The summed E-state index contributed by atoms with van der Waals surface area (Å²) in [6, 6.07) is 6.41. The van der Waals surface area contributed by atoms with E-state index in [9.17, 15) is 14.7 Å². The number of carbonyl (C=O) groups excluding carboxylic acids is 2. The highest BCUT2D eigenvalue weighted by Gasteiger charge is 2.01. The van der Waals surface area contributed by atoms with Gasteiger partial charge >= 0.3 is 0 Å². The molecule has 0 heterocycles. The van der Waals surface area contributed by atoms with E-state index in [0.29, 0.717) is 11.3 Å².